The second kappa shape index (κ2) is 5.76. The van der Waals surface area contributed by atoms with E-state index in [0.29, 0.717) is 13.0 Å². The molecule has 1 saturated carbocycles. The van der Waals surface area contributed by atoms with Gasteiger partial charge in [0.2, 0.25) is 10.0 Å². The smallest absolute Gasteiger partial charge is 0.214 e. The molecule has 0 aromatic rings. The Morgan fingerprint density at radius 3 is 2.45 bits per heavy atom. The van der Waals surface area contributed by atoms with Crippen molar-refractivity contribution >= 4 is 15.8 Å². The molecular weight excluding hydrogens is 274 g/mol. The predicted molar refractivity (Wildman–Crippen MR) is 79.9 cm³/mol. The fourth-order valence-corrected chi connectivity index (χ4v) is 5.89. The molecule has 2 fully saturated rings. The molecule has 1 saturated heterocycles. The molecule has 5 heteroatoms. The summed E-state index contributed by atoms with van der Waals surface area (Å²) in [5, 5.41) is 0. The van der Waals surface area contributed by atoms with Crippen molar-refractivity contribution in [3.05, 3.63) is 0 Å². The third kappa shape index (κ3) is 3.61. The van der Waals surface area contributed by atoms with Gasteiger partial charge in [0.05, 0.1) is 5.75 Å². The maximum atomic E-state index is 12.6. The van der Waals surface area contributed by atoms with E-state index in [-0.39, 0.29) is 28.9 Å². The van der Waals surface area contributed by atoms with Gasteiger partial charge in [-0.2, -0.15) is 4.31 Å². The Bertz CT molecular complexity index is 464. The van der Waals surface area contributed by atoms with Crippen LogP contribution in [0.1, 0.15) is 59.3 Å². The highest BCUT2D eigenvalue weighted by Gasteiger charge is 2.42. The normalized spacial score (nSPS) is 29.9. The molecule has 0 aromatic heterocycles. The molecule has 1 aliphatic carbocycles. The molecule has 2 aliphatic rings. The number of sulfonamides is 1. The number of carbonyl (C=O) groups is 1. The van der Waals surface area contributed by atoms with Crippen LogP contribution in [0, 0.1) is 11.3 Å². The Labute approximate surface area is 123 Å². The van der Waals surface area contributed by atoms with Crippen LogP contribution in [-0.2, 0) is 14.8 Å². The van der Waals surface area contributed by atoms with Crippen molar-refractivity contribution in [3.8, 4) is 0 Å². The van der Waals surface area contributed by atoms with E-state index >= 15 is 0 Å². The third-order valence-electron chi connectivity index (χ3n) is 4.29. The fraction of sp³-hybridized carbons (Fsp3) is 0.933. The first-order valence-corrected chi connectivity index (χ1v) is 9.34. The monoisotopic (exact) mass is 301 g/mol. The summed E-state index contributed by atoms with van der Waals surface area (Å²) in [6.07, 6.45) is 5.26. The molecule has 1 heterocycles. The Balaban J connectivity index is 2.16. The van der Waals surface area contributed by atoms with Gasteiger partial charge in [0.15, 0.2) is 0 Å². The summed E-state index contributed by atoms with van der Waals surface area (Å²) in [7, 11) is -3.26. The molecule has 20 heavy (non-hydrogen) atoms. The summed E-state index contributed by atoms with van der Waals surface area (Å²) in [5.41, 5.74) is -0.247. The number of hydrogen-bond donors (Lipinski definition) is 0. The lowest BCUT2D eigenvalue weighted by molar-refractivity contribution is -0.126. The van der Waals surface area contributed by atoms with Gasteiger partial charge in [-0.15, -0.1) is 0 Å². The van der Waals surface area contributed by atoms with Crippen molar-refractivity contribution in [2.45, 2.75) is 65.3 Å². The number of nitrogens with zero attached hydrogens (tertiary/aromatic N) is 1. The molecule has 2 rings (SSSR count). The molecule has 2 unspecified atom stereocenters. The van der Waals surface area contributed by atoms with Crippen LogP contribution < -0.4 is 0 Å². The lowest BCUT2D eigenvalue weighted by atomic mass is 9.82. The van der Waals surface area contributed by atoms with Crippen LogP contribution in [0.4, 0.5) is 0 Å². The minimum absolute atomic E-state index is 0.0546. The molecular formula is C15H27NO3S. The second-order valence-electron chi connectivity index (χ2n) is 7.46. The van der Waals surface area contributed by atoms with Crippen molar-refractivity contribution in [1.82, 2.24) is 4.31 Å². The summed E-state index contributed by atoms with van der Waals surface area (Å²) in [4.78, 5) is 12.1. The fourth-order valence-electron chi connectivity index (χ4n) is 3.56. The molecule has 116 valence electrons. The average Bonchev–Trinajstić information content (AvgIpc) is 2.75. The highest BCUT2D eigenvalue weighted by atomic mass is 32.2. The van der Waals surface area contributed by atoms with Gasteiger partial charge in [0.1, 0.15) is 5.78 Å². The second-order valence-corrected chi connectivity index (χ2v) is 9.38. The van der Waals surface area contributed by atoms with Crippen molar-refractivity contribution in [2.75, 3.05) is 12.3 Å². The zero-order valence-corrected chi connectivity index (χ0v) is 13.7. The van der Waals surface area contributed by atoms with Crippen molar-refractivity contribution in [3.63, 3.8) is 0 Å². The van der Waals surface area contributed by atoms with E-state index in [1.54, 1.807) is 4.31 Å². The van der Waals surface area contributed by atoms with E-state index in [2.05, 4.69) is 0 Å². The summed E-state index contributed by atoms with van der Waals surface area (Å²) in [5.74, 6) is 0.386. The highest BCUT2D eigenvalue weighted by Crippen LogP contribution is 2.35. The molecule has 0 amide bonds. The van der Waals surface area contributed by atoms with Gasteiger partial charge in [0.25, 0.3) is 0 Å². The van der Waals surface area contributed by atoms with E-state index in [0.717, 1.165) is 32.1 Å². The van der Waals surface area contributed by atoms with E-state index in [1.165, 1.54) is 0 Å². The van der Waals surface area contributed by atoms with Crippen molar-refractivity contribution in [2.24, 2.45) is 11.3 Å². The van der Waals surface area contributed by atoms with Gasteiger partial charge in [-0.05, 0) is 31.1 Å². The van der Waals surface area contributed by atoms with Crippen LogP contribution in [0.5, 0.6) is 0 Å². The lowest BCUT2D eigenvalue weighted by Gasteiger charge is -2.33. The van der Waals surface area contributed by atoms with E-state index in [1.807, 2.05) is 20.8 Å². The van der Waals surface area contributed by atoms with Crippen molar-refractivity contribution in [1.29, 1.82) is 0 Å². The molecule has 0 radical (unpaired) electrons. The molecule has 0 N–H and O–H groups in total. The minimum atomic E-state index is -3.26. The highest BCUT2D eigenvalue weighted by molar-refractivity contribution is 7.89. The number of carbonyl (C=O) groups excluding carboxylic acids is 1. The van der Waals surface area contributed by atoms with E-state index in [9.17, 15) is 13.2 Å². The third-order valence-corrected chi connectivity index (χ3v) is 6.69. The molecule has 2 atom stereocenters. The predicted octanol–water partition coefficient (Wildman–Crippen LogP) is 2.59. The Morgan fingerprint density at radius 1 is 1.15 bits per heavy atom. The van der Waals surface area contributed by atoms with Crippen LogP contribution >= 0.6 is 0 Å². The largest absolute Gasteiger partial charge is 0.299 e. The van der Waals surface area contributed by atoms with Crippen molar-refractivity contribution < 1.29 is 13.2 Å². The van der Waals surface area contributed by atoms with Gasteiger partial charge in [0, 0.05) is 24.9 Å². The number of Topliss-reactive ketones (excluding diaryl/α,β-unsaturated/α-hetero) is 1. The van der Waals surface area contributed by atoms with E-state index < -0.39 is 10.0 Å². The molecule has 0 aromatic carbocycles. The topological polar surface area (TPSA) is 54.5 Å². The Kier molecular flexibility index (Phi) is 4.59. The van der Waals surface area contributed by atoms with Crippen LogP contribution in [0.25, 0.3) is 0 Å². The van der Waals surface area contributed by atoms with Crippen LogP contribution in [-0.4, -0.2) is 36.8 Å². The molecule has 0 bridgehead atoms. The molecule has 0 spiro atoms. The van der Waals surface area contributed by atoms with Gasteiger partial charge in [-0.25, -0.2) is 8.42 Å². The minimum Gasteiger partial charge on any atom is -0.299 e. The first-order valence-electron chi connectivity index (χ1n) is 7.73. The Hall–Kier alpha value is -0.420. The van der Waals surface area contributed by atoms with Gasteiger partial charge < -0.3 is 0 Å². The Morgan fingerprint density at radius 2 is 1.85 bits per heavy atom. The quantitative estimate of drug-likeness (QED) is 0.805. The van der Waals surface area contributed by atoms with E-state index in [4.69, 9.17) is 0 Å². The first-order chi connectivity index (χ1) is 9.21. The first kappa shape index (κ1) is 16.0. The summed E-state index contributed by atoms with van der Waals surface area (Å²) < 4.78 is 26.9. The lowest BCUT2D eigenvalue weighted by Crippen LogP contribution is -2.46. The zero-order chi connectivity index (χ0) is 15.0. The maximum absolute atomic E-state index is 12.6. The molecule has 4 nitrogen and oxygen atoms in total. The van der Waals surface area contributed by atoms with Crippen LogP contribution in [0.2, 0.25) is 0 Å². The number of hydrogen-bond acceptors (Lipinski definition) is 3. The summed E-state index contributed by atoms with van der Waals surface area (Å²) >= 11 is 0. The average molecular weight is 301 g/mol. The standard InChI is InChI=1S/C15H27NO3S/c1-15(2,3)11-20(18,19)16-10-6-8-13(16)12-7-4-5-9-14(12)17/h12-13H,4-11H2,1-3H3. The van der Waals surface area contributed by atoms with Crippen LogP contribution in [0.3, 0.4) is 0 Å². The summed E-state index contributed by atoms with van der Waals surface area (Å²) in [6.45, 7) is 6.43. The number of rotatable bonds is 3. The number of ketones is 1. The van der Waals surface area contributed by atoms with Gasteiger partial charge in [-0.1, -0.05) is 27.2 Å². The zero-order valence-electron chi connectivity index (χ0n) is 12.9. The van der Waals surface area contributed by atoms with Gasteiger partial charge in [-0.3, -0.25) is 4.79 Å². The maximum Gasteiger partial charge on any atom is 0.214 e. The SMILES string of the molecule is CC(C)(C)CS(=O)(=O)N1CCCC1C1CCCCC1=O. The van der Waals surface area contributed by atoms with Gasteiger partial charge >= 0.3 is 0 Å². The summed E-state index contributed by atoms with van der Waals surface area (Å²) in [6, 6.07) is -0.0739. The molecule has 1 aliphatic heterocycles. The van der Waals surface area contributed by atoms with Crippen LogP contribution in [0.15, 0.2) is 0 Å².